The van der Waals surface area contributed by atoms with Gasteiger partial charge in [-0.05, 0) is 38.1 Å². The summed E-state index contributed by atoms with van der Waals surface area (Å²) in [4.78, 5) is 26.9. The number of amides is 1. The molecule has 2 aromatic carbocycles. The fourth-order valence-electron chi connectivity index (χ4n) is 6.02. The molecule has 3 aliphatic heterocycles. The van der Waals surface area contributed by atoms with Gasteiger partial charge in [0.05, 0.1) is 34.2 Å². The number of aliphatic hydroxyl groups is 1. The smallest absolute Gasteiger partial charge is 0.246 e. The van der Waals surface area contributed by atoms with Crippen molar-refractivity contribution in [2.24, 2.45) is 4.99 Å². The lowest BCUT2D eigenvalue weighted by Crippen LogP contribution is -2.61. The summed E-state index contributed by atoms with van der Waals surface area (Å²) in [5, 5.41) is 22.4. The van der Waals surface area contributed by atoms with Gasteiger partial charge in [0.15, 0.2) is 5.75 Å². The second-order valence-corrected chi connectivity index (χ2v) is 11.0. The fourth-order valence-corrected chi connectivity index (χ4v) is 6.31. The highest BCUT2D eigenvalue weighted by atomic mass is 35.5. The maximum Gasteiger partial charge on any atom is 0.246 e. The second-order valence-electron chi connectivity index (χ2n) is 10.6. The van der Waals surface area contributed by atoms with Crippen molar-refractivity contribution in [1.29, 1.82) is 0 Å². The molecular formula is C29H30ClFN6O4. The normalized spacial score (nSPS) is 23.5. The summed E-state index contributed by atoms with van der Waals surface area (Å²) in [5.41, 5.74) is 1.22. The number of carbonyl (C=O) groups excluding carboxylic acids is 1. The first-order chi connectivity index (χ1) is 19.7. The van der Waals surface area contributed by atoms with Crippen LogP contribution in [0.1, 0.15) is 19.4 Å². The lowest BCUT2D eigenvalue weighted by atomic mass is 9.94. The summed E-state index contributed by atoms with van der Waals surface area (Å²) in [6.07, 6.45) is 5.19. The first-order valence-corrected chi connectivity index (χ1v) is 13.7. The highest BCUT2D eigenvalue weighted by Gasteiger charge is 2.44. The summed E-state index contributed by atoms with van der Waals surface area (Å²) in [5.74, 6) is -0.342. The van der Waals surface area contributed by atoms with Crippen LogP contribution in [0.3, 0.4) is 0 Å². The predicted octanol–water partition coefficient (Wildman–Crippen LogP) is 3.46. The molecule has 41 heavy (non-hydrogen) atoms. The summed E-state index contributed by atoms with van der Waals surface area (Å²) >= 11 is 6.85. The largest absolute Gasteiger partial charge is 0.507 e. The molecule has 12 heteroatoms. The van der Waals surface area contributed by atoms with Gasteiger partial charge in [0.1, 0.15) is 24.0 Å². The van der Waals surface area contributed by atoms with E-state index in [2.05, 4.69) is 11.6 Å². The van der Waals surface area contributed by atoms with Crippen molar-refractivity contribution >= 4 is 29.0 Å². The molecule has 1 fully saturated rings. The van der Waals surface area contributed by atoms with Gasteiger partial charge in [0, 0.05) is 49.7 Å². The molecule has 0 radical (unpaired) electrons. The van der Waals surface area contributed by atoms with E-state index in [4.69, 9.17) is 21.3 Å². The predicted molar refractivity (Wildman–Crippen MR) is 153 cm³/mol. The van der Waals surface area contributed by atoms with Crippen molar-refractivity contribution in [3.63, 3.8) is 0 Å². The van der Waals surface area contributed by atoms with E-state index in [1.54, 1.807) is 28.4 Å². The first kappa shape index (κ1) is 27.1. The second kappa shape index (κ2) is 10.4. The number of imidazole rings is 1. The lowest BCUT2D eigenvalue weighted by molar-refractivity contribution is -0.130. The van der Waals surface area contributed by atoms with E-state index in [9.17, 15) is 15.0 Å². The first-order valence-electron chi connectivity index (χ1n) is 13.4. The maximum absolute atomic E-state index is 15.2. The molecule has 1 unspecified atom stereocenters. The van der Waals surface area contributed by atoms with E-state index in [0.717, 1.165) is 0 Å². The number of ether oxygens (including phenoxy) is 1. The Morgan fingerprint density at radius 3 is 2.78 bits per heavy atom. The molecule has 0 bridgehead atoms. The van der Waals surface area contributed by atoms with E-state index in [1.165, 1.54) is 24.3 Å². The zero-order valence-corrected chi connectivity index (χ0v) is 23.4. The molecular weight excluding hydrogens is 551 g/mol. The number of phenolic OH excluding ortho intramolecular Hbond substituents is 1. The van der Waals surface area contributed by atoms with E-state index < -0.39 is 12.2 Å². The van der Waals surface area contributed by atoms with Crippen molar-refractivity contribution < 1.29 is 24.1 Å². The van der Waals surface area contributed by atoms with Crippen molar-refractivity contribution in [3.05, 3.63) is 72.0 Å². The molecule has 2 N–H and O–H groups in total. The van der Waals surface area contributed by atoms with Crippen molar-refractivity contribution in [1.82, 2.24) is 19.4 Å². The Kier molecular flexibility index (Phi) is 6.87. The van der Waals surface area contributed by atoms with Crippen LogP contribution in [0.5, 0.6) is 11.5 Å². The SMILES string of the molecule is C=CC(=O)N1C[C@H](C)N(C2=NC(O)N3c4c2cc(Cl)c(-c2c(O)cccc2F)c4OC[C@@H]3Cn2ccnc2)C[C@H]1C. The van der Waals surface area contributed by atoms with E-state index in [-0.39, 0.29) is 58.3 Å². The van der Waals surface area contributed by atoms with Crippen LogP contribution >= 0.6 is 11.6 Å². The van der Waals surface area contributed by atoms with E-state index in [0.29, 0.717) is 36.7 Å². The minimum Gasteiger partial charge on any atom is -0.507 e. The Bertz CT molecular complexity index is 1530. The number of aliphatic hydroxyl groups excluding tert-OH is 1. The topological polar surface area (TPSA) is 107 Å². The van der Waals surface area contributed by atoms with Crippen molar-refractivity contribution in [2.75, 3.05) is 24.6 Å². The van der Waals surface area contributed by atoms with Crippen LogP contribution in [0.25, 0.3) is 11.1 Å². The number of piperazine rings is 1. The third-order valence-electron chi connectivity index (χ3n) is 7.94. The third-order valence-corrected chi connectivity index (χ3v) is 8.24. The summed E-state index contributed by atoms with van der Waals surface area (Å²) < 4.78 is 23.4. The minimum atomic E-state index is -1.28. The molecule has 3 aromatic rings. The number of aromatic nitrogens is 2. The number of anilines is 1. The Labute approximate surface area is 241 Å². The molecule has 0 spiro atoms. The monoisotopic (exact) mass is 580 g/mol. The van der Waals surface area contributed by atoms with Gasteiger partial charge >= 0.3 is 0 Å². The van der Waals surface area contributed by atoms with Gasteiger partial charge in [-0.3, -0.25) is 4.79 Å². The van der Waals surface area contributed by atoms with Gasteiger partial charge < -0.3 is 34.2 Å². The maximum atomic E-state index is 15.2. The molecule has 4 atom stereocenters. The summed E-state index contributed by atoms with van der Waals surface area (Å²) in [6.45, 7) is 9.02. The van der Waals surface area contributed by atoms with Gasteiger partial charge in [0.25, 0.3) is 0 Å². The van der Waals surface area contributed by atoms with Gasteiger partial charge in [-0.1, -0.05) is 24.2 Å². The molecule has 4 heterocycles. The van der Waals surface area contributed by atoms with Gasteiger partial charge in [-0.15, -0.1) is 0 Å². The molecule has 3 aliphatic rings. The number of rotatable bonds is 4. The van der Waals surface area contributed by atoms with Crippen LogP contribution in [0.2, 0.25) is 5.02 Å². The molecule has 1 saturated heterocycles. The van der Waals surface area contributed by atoms with Crippen LogP contribution in [-0.2, 0) is 11.3 Å². The Hall–Kier alpha value is -4.09. The molecule has 10 nitrogen and oxygen atoms in total. The number of phenols is 1. The molecule has 1 aromatic heterocycles. The number of hydrogen-bond donors (Lipinski definition) is 2. The van der Waals surface area contributed by atoms with Crippen LogP contribution < -0.4 is 9.64 Å². The standard InChI is InChI=1S/C29H30ClFN6O4/c1-4-23(39)35-11-17(3)36(12-16(35)2)28-19-10-20(30)24(25-21(31)6-5-7-22(25)38)27-26(19)37(29(40)33-28)18(14-41-27)13-34-9-8-32-15-34/h4-10,15-18,29,38,40H,1,11-14H2,2-3H3/t16-,17+,18+,29?/m1/s1. The average Bonchev–Trinajstić information content (AvgIpc) is 3.46. The molecule has 0 saturated carbocycles. The third kappa shape index (κ3) is 4.49. The molecule has 0 aliphatic carbocycles. The molecule has 6 rings (SSSR count). The zero-order chi connectivity index (χ0) is 29.0. The number of carbonyl (C=O) groups is 1. The van der Waals surface area contributed by atoms with Gasteiger partial charge in [-0.2, -0.15) is 0 Å². The minimum absolute atomic E-state index is 0.0830. The number of aromatic hydroxyl groups is 1. The van der Waals surface area contributed by atoms with E-state index in [1.807, 2.05) is 29.5 Å². The number of aliphatic imine (C=N–C) groups is 1. The summed E-state index contributed by atoms with van der Waals surface area (Å²) in [6, 6.07) is 5.07. The Morgan fingerprint density at radius 2 is 2.07 bits per heavy atom. The fraction of sp³-hybridized carbons (Fsp3) is 0.345. The number of amidine groups is 1. The molecule has 214 valence electrons. The number of nitrogens with zero attached hydrogens (tertiary/aromatic N) is 6. The number of hydrogen-bond acceptors (Lipinski definition) is 8. The molecule has 1 amide bonds. The van der Waals surface area contributed by atoms with Crippen molar-refractivity contribution in [2.45, 2.75) is 44.9 Å². The van der Waals surface area contributed by atoms with Crippen LogP contribution in [0, 0.1) is 5.82 Å². The Morgan fingerprint density at radius 1 is 1.27 bits per heavy atom. The van der Waals surface area contributed by atoms with Crippen LogP contribution in [0.15, 0.2) is 60.6 Å². The highest BCUT2D eigenvalue weighted by molar-refractivity contribution is 6.35. The van der Waals surface area contributed by atoms with Crippen molar-refractivity contribution in [3.8, 4) is 22.6 Å². The number of halogens is 2. The van der Waals surface area contributed by atoms with Crippen LogP contribution in [0.4, 0.5) is 10.1 Å². The van der Waals surface area contributed by atoms with Gasteiger partial charge in [-0.25, -0.2) is 14.4 Å². The van der Waals surface area contributed by atoms with E-state index >= 15 is 4.39 Å². The van der Waals surface area contributed by atoms with Crippen LogP contribution in [-0.4, -0.2) is 85.5 Å². The Balaban J connectivity index is 1.51. The quantitative estimate of drug-likeness (QED) is 0.455. The number of benzene rings is 2. The van der Waals surface area contributed by atoms with Gasteiger partial charge in [0.2, 0.25) is 12.3 Å². The highest BCUT2D eigenvalue weighted by Crippen LogP contribution is 2.52. The lowest BCUT2D eigenvalue weighted by Gasteiger charge is -2.49. The zero-order valence-electron chi connectivity index (χ0n) is 22.6. The average molecular weight is 581 g/mol. The summed E-state index contributed by atoms with van der Waals surface area (Å²) in [7, 11) is 0.